The van der Waals surface area contributed by atoms with Crippen molar-refractivity contribution in [2.75, 3.05) is 32.2 Å². The Hall–Kier alpha value is -1.06. The minimum atomic E-state index is 0.0517. The molecule has 1 unspecified atom stereocenters. The lowest BCUT2D eigenvalue weighted by Crippen LogP contribution is -2.38. The summed E-state index contributed by atoms with van der Waals surface area (Å²) < 4.78 is 5.04. The third-order valence-corrected chi connectivity index (χ3v) is 2.54. The second kappa shape index (κ2) is 5.87. The fourth-order valence-electron chi connectivity index (χ4n) is 1.89. The van der Waals surface area contributed by atoms with Gasteiger partial charge in [-0.3, -0.25) is 0 Å². The predicted molar refractivity (Wildman–Crippen MR) is 69.0 cm³/mol. The van der Waals surface area contributed by atoms with E-state index < -0.39 is 0 Å². The Labute approximate surface area is 98.2 Å². The van der Waals surface area contributed by atoms with Crippen molar-refractivity contribution in [3.8, 4) is 0 Å². The van der Waals surface area contributed by atoms with E-state index in [0.29, 0.717) is 6.61 Å². The molecule has 3 nitrogen and oxygen atoms in total. The number of rotatable bonds is 5. The smallest absolute Gasteiger partial charge is 0.0631 e. The van der Waals surface area contributed by atoms with Gasteiger partial charge in [-0.15, -0.1) is 0 Å². The molecule has 0 amide bonds. The fraction of sp³-hybridized carbons (Fsp3) is 0.538. The van der Waals surface area contributed by atoms with E-state index in [-0.39, 0.29) is 6.04 Å². The van der Waals surface area contributed by atoms with Crippen molar-refractivity contribution >= 4 is 5.69 Å². The second-order valence-corrected chi connectivity index (χ2v) is 4.44. The molecule has 0 aliphatic heterocycles. The summed E-state index contributed by atoms with van der Waals surface area (Å²) in [6.07, 6.45) is 0. The first-order chi connectivity index (χ1) is 7.52. The molecule has 16 heavy (non-hydrogen) atoms. The molecule has 0 bridgehead atoms. The van der Waals surface area contributed by atoms with Crippen molar-refractivity contribution in [1.29, 1.82) is 0 Å². The standard InChI is InChI=1S/C13H22N2O/c1-10-5-11(2)7-13(6-10)15(3)8-12(14)9-16-4/h5-7,12H,8-9,14H2,1-4H3. The summed E-state index contributed by atoms with van der Waals surface area (Å²) in [7, 11) is 3.74. The fourth-order valence-corrected chi connectivity index (χ4v) is 1.89. The molecule has 0 aromatic heterocycles. The van der Waals surface area contributed by atoms with E-state index in [9.17, 15) is 0 Å². The first-order valence-electron chi connectivity index (χ1n) is 5.57. The lowest BCUT2D eigenvalue weighted by Gasteiger charge is -2.23. The van der Waals surface area contributed by atoms with Crippen molar-refractivity contribution in [2.45, 2.75) is 19.9 Å². The largest absolute Gasteiger partial charge is 0.383 e. The van der Waals surface area contributed by atoms with Crippen LogP contribution in [-0.4, -0.2) is 33.4 Å². The summed E-state index contributed by atoms with van der Waals surface area (Å²) in [6, 6.07) is 6.57. The van der Waals surface area contributed by atoms with Gasteiger partial charge < -0.3 is 15.4 Å². The number of nitrogens with two attached hydrogens (primary N) is 1. The SMILES string of the molecule is COCC(N)CN(C)c1cc(C)cc(C)c1. The maximum Gasteiger partial charge on any atom is 0.0631 e. The molecule has 90 valence electrons. The Morgan fingerprint density at radius 1 is 1.25 bits per heavy atom. The van der Waals surface area contributed by atoms with Gasteiger partial charge in [-0.05, 0) is 37.1 Å². The Morgan fingerprint density at radius 2 is 1.81 bits per heavy atom. The lowest BCUT2D eigenvalue weighted by atomic mass is 10.1. The van der Waals surface area contributed by atoms with Gasteiger partial charge in [0.2, 0.25) is 0 Å². The average molecular weight is 222 g/mol. The highest BCUT2D eigenvalue weighted by Crippen LogP contribution is 2.17. The Kier molecular flexibility index (Phi) is 4.77. The van der Waals surface area contributed by atoms with Crippen molar-refractivity contribution in [3.63, 3.8) is 0 Å². The summed E-state index contributed by atoms with van der Waals surface area (Å²) in [5.41, 5.74) is 9.70. The summed E-state index contributed by atoms with van der Waals surface area (Å²) >= 11 is 0. The summed E-state index contributed by atoms with van der Waals surface area (Å²) in [6.45, 7) is 5.62. The molecule has 0 spiro atoms. The molecule has 1 aromatic carbocycles. The molecule has 0 radical (unpaired) electrons. The van der Waals surface area contributed by atoms with Gasteiger partial charge in [-0.1, -0.05) is 6.07 Å². The summed E-state index contributed by atoms with van der Waals surface area (Å²) in [5.74, 6) is 0. The van der Waals surface area contributed by atoms with Crippen LogP contribution in [0.1, 0.15) is 11.1 Å². The van der Waals surface area contributed by atoms with E-state index in [4.69, 9.17) is 10.5 Å². The Morgan fingerprint density at radius 3 is 2.31 bits per heavy atom. The molecule has 1 atom stereocenters. The number of benzene rings is 1. The van der Waals surface area contributed by atoms with Crippen LogP contribution >= 0.6 is 0 Å². The number of aryl methyl sites for hydroxylation is 2. The van der Waals surface area contributed by atoms with Crippen LogP contribution in [0.4, 0.5) is 5.69 Å². The molecule has 0 saturated heterocycles. The van der Waals surface area contributed by atoms with Crippen LogP contribution in [0.2, 0.25) is 0 Å². The first kappa shape index (κ1) is 13.0. The quantitative estimate of drug-likeness (QED) is 0.824. The summed E-state index contributed by atoms with van der Waals surface area (Å²) in [5, 5.41) is 0. The number of nitrogens with zero attached hydrogens (tertiary/aromatic N) is 1. The lowest BCUT2D eigenvalue weighted by molar-refractivity contribution is 0.181. The van der Waals surface area contributed by atoms with Gasteiger partial charge in [0.25, 0.3) is 0 Å². The van der Waals surface area contributed by atoms with E-state index in [2.05, 4.69) is 44.0 Å². The van der Waals surface area contributed by atoms with E-state index in [1.165, 1.54) is 16.8 Å². The van der Waals surface area contributed by atoms with Gasteiger partial charge in [-0.25, -0.2) is 0 Å². The zero-order valence-corrected chi connectivity index (χ0v) is 10.7. The third-order valence-electron chi connectivity index (χ3n) is 2.54. The van der Waals surface area contributed by atoms with Crippen LogP contribution in [0.3, 0.4) is 0 Å². The van der Waals surface area contributed by atoms with Gasteiger partial charge in [0.05, 0.1) is 6.61 Å². The molecule has 0 saturated carbocycles. The molecule has 3 heteroatoms. The van der Waals surface area contributed by atoms with Gasteiger partial charge in [0.15, 0.2) is 0 Å². The molecular formula is C13H22N2O. The minimum Gasteiger partial charge on any atom is -0.383 e. The van der Waals surface area contributed by atoms with Crippen LogP contribution in [0.5, 0.6) is 0 Å². The van der Waals surface area contributed by atoms with Crippen molar-refractivity contribution in [1.82, 2.24) is 0 Å². The van der Waals surface area contributed by atoms with Crippen LogP contribution in [0, 0.1) is 13.8 Å². The zero-order valence-electron chi connectivity index (χ0n) is 10.7. The number of methoxy groups -OCH3 is 1. The monoisotopic (exact) mass is 222 g/mol. The zero-order chi connectivity index (χ0) is 12.1. The van der Waals surface area contributed by atoms with Crippen molar-refractivity contribution < 1.29 is 4.74 Å². The second-order valence-electron chi connectivity index (χ2n) is 4.44. The highest BCUT2D eigenvalue weighted by Gasteiger charge is 2.07. The summed E-state index contributed by atoms with van der Waals surface area (Å²) in [4.78, 5) is 2.17. The molecule has 0 fully saturated rings. The number of likely N-dealkylation sites (N-methyl/N-ethyl adjacent to an activating group) is 1. The maximum absolute atomic E-state index is 5.93. The van der Waals surface area contributed by atoms with Gasteiger partial charge in [0.1, 0.15) is 0 Å². The van der Waals surface area contributed by atoms with Crippen LogP contribution < -0.4 is 10.6 Å². The topological polar surface area (TPSA) is 38.5 Å². The first-order valence-corrected chi connectivity index (χ1v) is 5.57. The molecular weight excluding hydrogens is 200 g/mol. The highest BCUT2D eigenvalue weighted by atomic mass is 16.5. The van der Waals surface area contributed by atoms with Gasteiger partial charge in [0, 0.05) is 32.4 Å². The van der Waals surface area contributed by atoms with Gasteiger partial charge >= 0.3 is 0 Å². The van der Waals surface area contributed by atoms with Crippen LogP contribution in [0.25, 0.3) is 0 Å². The van der Waals surface area contributed by atoms with E-state index in [0.717, 1.165) is 6.54 Å². The average Bonchev–Trinajstić information content (AvgIpc) is 2.16. The van der Waals surface area contributed by atoms with Crippen LogP contribution in [-0.2, 0) is 4.74 Å². The maximum atomic E-state index is 5.93. The molecule has 0 aliphatic carbocycles. The molecule has 0 aliphatic rings. The molecule has 2 N–H and O–H groups in total. The number of hydrogen-bond acceptors (Lipinski definition) is 3. The Bertz CT molecular complexity index is 318. The highest BCUT2D eigenvalue weighted by molar-refractivity contribution is 5.50. The molecule has 0 heterocycles. The van der Waals surface area contributed by atoms with Crippen molar-refractivity contribution in [3.05, 3.63) is 29.3 Å². The third kappa shape index (κ3) is 3.83. The Balaban J connectivity index is 2.68. The predicted octanol–water partition coefficient (Wildman–Crippen LogP) is 1.71. The molecule has 1 rings (SSSR count). The minimum absolute atomic E-state index is 0.0517. The number of anilines is 1. The normalized spacial score (nSPS) is 12.6. The van der Waals surface area contributed by atoms with E-state index >= 15 is 0 Å². The number of ether oxygens (including phenoxy) is 1. The van der Waals surface area contributed by atoms with Crippen molar-refractivity contribution in [2.24, 2.45) is 5.73 Å². The molecule has 1 aromatic rings. The van der Waals surface area contributed by atoms with Gasteiger partial charge in [-0.2, -0.15) is 0 Å². The number of hydrogen-bond donors (Lipinski definition) is 1. The van der Waals surface area contributed by atoms with E-state index in [1.54, 1.807) is 7.11 Å². The van der Waals surface area contributed by atoms with E-state index in [1.807, 2.05) is 0 Å². The van der Waals surface area contributed by atoms with Crippen LogP contribution in [0.15, 0.2) is 18.2 Å².